The van der Waals surface area contributed by atoms with Crippen LogP contribution in [0.1, 0.15) is 47.6 Å². The third-order valence-corrected chi connectivity index (χ3v) is 6.42. The number of carbonyl (C=O) groups excluding carboxylic acids is 2. The van der Waals surface area contributed by atoms with Gasteiger partial charge in [-0.3, -0.25) is 9.48 Å². The minimum absolute atomic E-state index is 0.0311. The fraction of sp³-hybridized carbons (Fsp3) is 0.522. The predicted molar refractivity (Wildman–Crippen MR) is 122 cm³/mol. The molecule has 2 amide bonds. The van der Waals surface area contributed by atoms with Crippen molar-refractivity contribution in [1.29, 1.82) is 0 Å². The van der Waals surface area contributed by atoms with Crippen LogP contribution in [-0.2, 0) is 30.6 Å². The van der Waals surface area contributed by atoms with Crippen LogP contribution in [-0.4, -0.2) is 63.3 Å². The quantitative estimate of drug-likeness (QED) is 0.673. The molecule has 0 spiro atoms. The summed E-state index contributed by atoms with van der Waals surface area (Å²) in [6.45, 7) is 6.13. The fourth-order valence-corrected chi connectivity index (χ4v) is 4.78. The van der Waals surface area contributed by atoms with E-state index in [-0.39, 0.29) is 41.7 Å². The van der Waals surface area contributed by atoms with Gasteiger partial charge in [-0.15, -0.1) is 0 Å². The van der Waals surface area contributed by atoms with Gasteiger partial charge in [0, 0.05) is 43.3 Å². The molecule has 0 saturated carbocycles. The summed E-state index contributed by atoms with van der Waals surface area (Å²) in [5.41, 5.74) is 0.264. The zero-order chi connectivity index (χ0) is 25.3. The summed E-state index contributed by atoms with van der Waals surface area (Å²) in [5, 5.41) is 7.69. The molecule has 2 aliphatic rings. The molecule has 2 aliphatic heterocycles. The van der Waals surface area contributed by atoms with E-state index in [2.05, 4.69) is 10.4 Å². The first-order chi connectivity index (χ1) is 16.5. The SMILES string of the molecule is C[C@@H]1CNC[C@@H](C)N1C(=O)c1cc2n(n1)CCCN(C(=O)OCc1cc(Cl)cc(C(F)(F)F)c1)C2. The molecular weight excluding hydrogens is 487 g/mol. The van der Waals surface area contributed by atoms with Gasteiger partial charge in [-0.2, -0.15) is 18.3 Å². The van der Waals surface area contributed by atoms with Gasteiger partial charge in [0.2, 0.25) is 0 Å². The van der Waals surface area contributed by atoms with E-state index in [1.807, 2.05) is 18.7 Å². The van der Waals surface area contributed by atoms with Gasteiger partial charge in [-0.1, -0.05) is 11.6 Å². The number of nitrogens with zero attached hydrogens (tertiary/aromatic N) is 4. The van der Waals surface area contributed by atoms with E-state index >= 15 is 0 Å². The van der Waals surface area contributed by atoms with Crippen molar-refractivity contribution < 1.29 is 27.5 Å². The molecule has 1 saturated heterocycles. The van der Waals surface area contributed by atoms with Crippen LogP contribution in [0.3, 0.4) is 0 Å². The standard InChI is InChI=1S/C23H27ClF3N5O3/c1-14-10-28-11-15(2)32(14)21(33)20-9-19-12-30(4-3-5-31(19)29-20)22(34)35-13-16-6-17(23(25,26)27)8-18(24)7-16/h6-9,14-15,28H,3-5,10-13H2,1-2H3/t14-,15-/m1/s1. The molecule has 190 valence electrons. The van der Waals surface area contributed by atoms with Crippen molar-refractivity contribution in [1.82, 2.24) is 24.9 Å². The first-order valence-corrected chi connectivity index (χ1v) is 11.8. The molecule has 0 aliphatic carbocycles. The van der Waals surface area contributed by atoms with Crippen molar-refractivity contribution in [2.24, 2.45) is 0 Å². The third kappa shape index (κ3) is 5.72. The van der Waals surface area contributed by atoms with Crippen molar-refractivity contribution in [2.75, 3.05) is 19.6 Å². The van der Waals surface area contributed by atoms with Crippen LogP contribution in [0.5, 0.6) is 0 Å². The molecular formula is C23H27ClF3N5O3. The largest absolute Gasteiger partial charge is 0.445 e. The van der Waals surface area contributed by atoms with E-state index in [0.717, 1.165) is 12.1 Å². The number of hydrogen-bond acceptors (Lipinski definition) is 5. The Bertz CT molecular complexity index is 1100. The van der Waals surface area contributed by atoms with Gasteiger partial charge in [0.1, 0.15) is 6.61 Å². The number of nitrogens with one attached hydrogen (secondary N) is 1. The Morgan fingerprint density at radius 3 is 2.54 bits per heavy atom. The molecule has 4 rings (SSSR count). The Kier molecular flexibility index (Phi) is 7.27. The van der Waals surface area contributed by atoms with Gasteiger partial charge in [-0.25, -0.2) is 4.79 Å². The smallest absolute Gasteiger partial charge is 0.416 e. The number of hydrogen-bond donors (Lipinski definition) is 1. The molecule has 8 nitrogen and oxygen atoms in total. The zero-order valence-corrected chi connectivity index (χ0v) is 20.2. The fourth-order valence-electron chi connectivity index (χ4n) is 4.52. The first-order valence-electron chi connectivity index (χ1n) is 11.4. The Hall–Kier alpha value is -2.79. The number of benzene rings is 1. The van der Waals surface area contributed by atoms with Gasteiger partial charge >= 0.3 is 12.3 Å². The molecule has 3 heterocycles. The van der Waals surface area contributed by atoms with Crippen LogP contribution in [0.15, 0.2) is 24.3 Å². The highest BCUT2D eigenvalue weighted by molar-refractivity contribution is 6.30. The maximum Gasteiger partial charge on any atom is 0.416 e. The van der Waals surface area contributed by atoms with Crippen LogP contribution in [0, 0.1) is 0 Å². The third-order valence-electron chi connectivity index (χ3n) is 6.20. The summed E-state index contributed by atoms with van der Waals surface area (Å²) in [4.78, 5) is 29.1. The molecule has 2 aromatic rings. The number of rotatable bonds is 3. The van der Waals surface area contributed by atoms with Gasteiger partial charge in [-0.05, 0) is 50.1 Å². The van der Waals surface area contributed by atoms with Crippen LogP contribution < -0.4 is 5.32 Å². The number of carbonyl (C=O) groups is 2. The number of fused-ring (bicyclic) bond motifs is 1. The summed E-state index contributed by atoms with van der Waals surface area (Å²) in [6.07, 6.45) is -4.62. The van der Waals surface area contributed by atoms with E-state index < -0.39 is 17.8 Å². The molecule has 1 aromatic carbocycles. The van der Waals surface area contributed by atoms with Gasteiger partial charge < -0.3 is 19.9 Å². The van der Waals surface area contributed by atoms with Gasteiger partial charge in [0.05, 0.1) is 17.8 Å². The summed E-state index contributed by atoms with van der Waals surface area (Å²) in [6, 6.07) is 4.82. The number of alkyl halides is 3. The minimum Gasteiger partial charge on any atom is -0.445 e. The molecule has 1 aromatic heterocycles. The van der Waals surface area contributed by atoms with Crippen molar-refractivity contribution in [3.8, 4) is 0 Å². The van der Waals surface area contributed by atoms with E-state index in [1.54, 1.807) is 10.7 Å². The normalized spacial score (nSPS) is 20.9. The second kappa shape index (κ2) is 10.1. The van der Waals surface area contributed by atoms with E-state index in [0.29, 0.717) is 44.0 Å². The topological polar surface area (TPSA) is 79.7 Å². The van der Waals surface area contributed by atoms with Crippen LogP contribution in [0.4, 0.5) is 18.0 Å². The Morgan fingerprint density at radius 1 is 1.14 bits per heavy atom. The zero-order valence-electron chi connectivity index (χ0n) is 19.4. The molecule has 1 fully saturated rings. The summed E-state index contributed by atoms with van der Waals surface area (Å²) >= 11 is 5.80. The molecule has 0 unspecified atom stereocenters. The van der Waals surface area contributed by atoms with Crippen LogP contribution in [0.2, 0.25) is 5.02 Å². The van der Waals surface area contributed by atoms with Crippen LogP contribution >= 0.6 is 11.6 Å². The van der Waals surface area contributed by atoms with Crippen LogP contribution in [0.25, 0.3) is 0 Å². The Morgan fingerprint density at radius 2 is 1.86 bits per heavy atom. The second-order valence-electron chi connectivity index (χ2n) is 8.99. The number of aryl methyl sites for hydroxylation is 1. The highest BCUT2D eigenvalue weighted by Crippen LogP contribution is 2.32. The average molecular weight is 514 g/mol. The van der Waals surface area contributed by atoms with Gasteiger partial charge in [0.15, 0.2) is 5.69 Å². The second-order valence-corrected chi connectivity index (χ2v) is 9.42. The maximum atomic E-state index is 13.2. The lowest BCUT2D eigenvalue weighted by Crippen LogP contribution is -2.57. The molecule has 0 radical (unpaired) electrons. The van der Waals surface area contributed by atoms with E-state index in [4.69, 9.17) is 16.3 Å². The lowest BCUT2D eigenvalue weighted by molar-refractivity contribution is -0.137. The molecule has 2 atom stereocenters. The monoisotopic (exact) mass is 513 g/mol. The molecule has 1 N–H and O–H groups in total. The van der Waals surface area contributed by atoms with Crippen molar-refractivity contribution in [3.63, 3.8) is 0 Å². The molecule has 0 bridgehead atoms. The van der Waals surface area contributed by atoms with E-state index in [1.165, 1.54) is 11.0 Å². The van der Waals surface area contributed by atoms with Crippen molar-refractivity contribution in [3.05, 3.63) is 51.8 Å². The summed E-state index contributed by atoms with van der Waals surface area (Å²) in [5.74, 6) is -0.150. The number of ether oxygens (including phenoxy) is 1. The first kappa shape index (κ1) is 25.3. The van der Waals surface area contributed by atoms with Crippen molar-refractivity contribution in [2.45, 2.75) is 58.2 Å². The number of halogens is 4. The molecule has 35 heavy (non-hydrogen) atoms. The molecule has 12 heteroatoms. The highest BCUT2D eigenvalue weighted by Gasteiger charge is 2.33. The minimum atomic E-state index is -4.55. The maximum absolute atomic E-state index is 13.2. The number of aromatic nitrogens is 2. The summed E-state index contributed by atoms with van der Waals surface area (Å²) in [7, 11) is 0. The number of piperazine rings is 1. The Labute approximate surface area is 205 Å². The van der Waals surface area contributed by atoms with E-state index in [9.17, 15) is 22.8 Å². The lowest BCUT2D eigenvalue weighted by atomic mass is 10.1. The van der Waals surface area contributed by atoms with Gasteiger partial charge in [0.25, 0.3) is 5.91 Å². The average Bonchev–Trinajstić information content (AvgIpc) is 3.07. The lowest BCUT2D eigenvalue weighted by Gasteiger charge is -2.39. The highest BCUT2D eigenvalue weighted by atomic mass is 35.5. The summed E-state index contributed by atoms with van der Waals surface area (Å²) < 4.78 is 46.1. The Balaban J connectivity index is 1.43. The number of amides is 2. The van der Waals surface area contributed by atoms with Crippen molar-refractivity contribution >= 4 is 23.6 Å². The predicted octanol–water partition coefficient (Wildman–Crippen LogP) is 3.92.